The molecule has 1 aromatic rings. The number of fused-ring (bicyclic) bond motifs is 1. The van der Waals surface area contributed by atoms with Crippen molar-refractivity contribution in [3.05, 3.63) is 29.3 Å². The Bertz CT molecular complexity index is 1020. The van der Waals surface area contributed by atoms with Crippen molar-refractivity contribution in [3.8, 4) is 0 Å². The maximum absolute atomic E-state index is 13.1. The number of amides is 5. The fourth-order valence-corrected chi connectivity index (χ4v) is 4.14. The van der Waals surface area contributed by atoms with Gasteiger partial charge < -0.3 is 15.0 Å². The summed E-state index contributed by atoms with van der Waals surface area (Å²) in [6.45, 7) is 6.73. The molecule has 2 aliphatic rings. The quantitative estimate of drug-likeness (QED) is 0.406. The minimum atomic E-state index is -0.980. The van der Waals surface area contributed by atoms with Gasteiger partial charge in [-0.25, -0.2) is 4.79 Å². The third kappa shape index (κ3) is 6.37. The SMILES string of the molecule is CN(CCCCCCNc1cccc2c1C(=O)N(C1CCC(=O)NC1=O)C2=O)C(=O)OC(C)(C)C. The zero-order chi connectivity index (χ0) is 25.8. The molecule has 1 saturated heterocycles. The number of hydrogen-bond donors (Lipinski definition) is 2. The summed E-state index contributed by atoms with van der Waals surface area (Å²) in [7, 11) is 1.72. The standard InChI is InChI=1S/C25H34N4O6/c1-25(2,3)35-24(34)28(4)15-8-6-5-7-14-26-17-11-9-10-16-20(17)23(33)29(22(16)32)18-12-13-19(30)27-21(18)31/h9-11,18,26H,5-8,12-15H2,1-4H3,(H,27,30,31). The number of piperidine rings is 1. The molecule has 35 heavy (non-hydrogen) atoms. The average molecular weight is 487 g/mol. The highest BCUT2D eigenvalue weighted by molar-refractivity contribution is 6.25. The molecule has 1 unspecified atom stereocenters. The van der Waals surface area contributed by atoms with E-state index in [0.717, 1.165) is 30.6 Å². The molecule has 0 aromatic heterocycles. The van der Waals surface area contributed by atoms with E-state index in [1.54, 1.807) is 30.1 Å². The summed E-state index contributed by atoms with van der Waals surface area (Å²) in [6.07, 6.45) is 3.44. The van der Waals surface area contributed by atoms with Gasteiger partial charge in [0.2, 0.25) is 11.8 Å². The van der Waals surface area contributed by atoms with Crippen LogP contribution in [0.2, 0.25) is 0 Å². The Hall–Kier alpha value is -3.43. The van der Waals surface area contributed by atoms with E-state index < -0.39 is 35.3 Å². The number of nitrogens with one attached hydrogen (secondary N) is 2. The second-order valence-corrected chi connectivity index (χ2v) is 9.92. The minimum Gasteiger partial charge on any atom is -0.444 e. The topological polar surface area (TPSA) is 125 Å². The predicted molar refractivity (Wildman–Crippen MR) is 129 cm³/mol. The van der Waals surface area contributed by atoms with Crippen molar-refractivity contribution < 1.29 is 28.7 Å². The predicted octanol–water partition coefficient (Wildman–Crippen LogP) is 2.93. The summed E-state index contributed by atoms with van der Waals surface area (Å²) >= 11 is 0. The number of ether oxygens (including phenoxy) is 1. The van der Waals surface area contributed by atoms with Crippen molar-refractivity contribution in [1.29, 1.82) is 0 Å². The van der Waals surface area contributed by atoms with Crippen molar-refractivity contribution in [2.75, 3.05) is 25.5 Å². The number of carbonyl (C=O) groups excluding carboxylic acids is 5. The first-order valence-electron chi connectivity index (χ1n) is 12.0. The fourth-order valence-electron chi connectivity index (χ4n) is 4.14. The molecule has 0 aliphatic carbocycles. The van der Waals surface area contributed by atoms with E-state index in [9.17, 15) is 24.0 Å². The molecule has 10 nitrogen and oxygen atoms in total. The van der Waals surface area contributed by atoms with Crippen molar-refractivity contribution >= 4 is 35.4 Å². The molecule has 0 spiro atoms. The van der Waals surface area contributed by atoms with Crippen molar-refractivity contribution in [3.63, 3.8) is 0 Å². The van der Waals surface area contributed by atoms with E-state index in [1.165, 1.54) is 0 Å². The fraction of sp³-hybridized carbons (Fsp3) is 0.560. The van der Waals surface area contributed by atoms with Crippen LogP contribution in [-0.4, -0.2) is 71.3 Å². The first-order valence-corrected chi connectivity index (χ1v) is 12.0. The van der Waals surface area contributed by atoms with Crippen LogP contribution in [0.5, 0.6) is 0 Å². The van der Waals surface area contributed by atoms with Crippen LogP contribution in [0.1, 0.15) is 80.0 Å². The van der Waals surface area contributed by atoms with Crippen LogP contribution in [0.25, 0.3) is 0 Å². The van der Waals surface area contributed by atoms with Crippen LogP contribution in [0, 0.1) is 0 Å². The van der Waals surface area contributed by atoms with Crippen LogP contribution in [0.3, 0.4) is 0 Å². The van der Waals surface area contributed by atoms with Crippen LogP contribution in [-0.2, 0) is 14.3 Å². The van der Waals surface area contributed by atoms with Gasteiger partial charge in [-0.15, -0.1) is 0 Å². The largest absolute Gasteiger partial charge is 0.444 e. The molecule has 2 N–H and O–H groups in total. The molecule has 1 aromatic carbocycles. The molecule has 1 atom stereocenters. The molecular formula is C25H34N4O6. The highest BCUT2D eigenvalue weighted by Gasteiger charge is 2.45. The Morgan fingerprint density at radius 3 is 2.51 bits per heavy atom. The Labute approximate surface area is 205 Å². The molecule has 0 saturated carbocycles. The highest BCUT2D eigenvalue weighted by atomic mass is 16.6. The maximum atomic E-state index is 13.1. The number of rotatable bonds is 9. The molecule has 0 radical (unpaired) electrons. The Morgan fingerprint density at radius 2 is 1.83 bits per heavy atom. The van der Waals surface area contributed by atoms with Crippen LogP contribution in [0.15, 0.2) is 18.2 Å². The second kappa shape index (κ2) is 10.9. The lowest BCUT2D eigenvalue weighted by Gasteiger charge is -2.27. The van der Waals surface area contributed by atoms with Gasteiger partial charge in [0.05, 0.1) is 11.1 Å². The van der Waals surface area contributed by atoms with Crippen LogP contribution < -0.4 is 10.6 Å². The smallest absolute Gasteiger partial charge is 0.410 e. The molecule has 1 fully saturated rings. The number of unbranched alkanes of at least 4 members (excludes halogenated alkanes) is 3. The summed E-state index contributed by atoms with van der Waals surface area (Å²) in [5.74, 6) is -2.06. The van der Waals surface area contributed by atoms with Gasteiger partial charge in [-0.1, -0.05) is 18.9 Å². The van der Waals surface area contributed by atoms with Crippen LogP contribution in [0.4, 0.5) is 10.5 Å². The first-order chi connectivity index (χ1) is 16.5. The molecule has 2 heterocycles. The number of nitrogens with zero attached hydrogens (tertiary/aromatic N) is 2. The molecule has 0 bridgehead atoms. The van der Waals surface area contributed by atoms with Gasteiger partial charge in [-0.2, -0.15) is 0 Å². The van der Waals surface area contributed by atoms with Gasteiger partial charge in [0, 0.05) is 32.2 Å². The van der Waals surface area contributed by atoms with E-state index in [-0.39, 0.29) is 30.1 Å². The molecule has 190 valence electrons. The third-order valence-electron chi connectivity index (χ3n) is 5.91. The van der Waals surface area contributed by atoms with Crippen molar-refractivity contribution in [2.24, 2.45) is 0 Å². The number of hydrogen-bond acceptors (Lipinski definition) is 7. The van der Waals surface area contributed by atoms with Gasteiger partial charge in [-0.3, -0.25) is 29.4 Å². The number of imide groups is 2. The highest BCUT2D eigenvalue weighted by Crippen LogP contribution is 2.32. The maximum Gasteiger partial charge on any atom is 0.410 e. The van der Waals surface area contributed by atoms with Gasteiger partial charge in [0.25, 0.3) is 11.8 Å². The van der Waals surface area contributed by atoms with Crippen molar-refractivity contribution in [1.82, 2.24) is 15.1 Å². The van der Waals surface area contributed by atoms with Crippen LogP contribution >= 0.6 is 0 Å². The van der Waals surface area contributed by atoms with E-state index in [4.69, 9.17) is 4.74 Å². The lowest BCUT2D eigenvalue weighted by molar-refractivity contribution is -0.136. The number of anilines is 1. The zero-order valence-corrected chi connectivity index (χ0v) is 20.8. The zero-order valence-electron chi connectivity index (χ0n) is 20.8. The van der Waals surface area contributed by atoms with Gasteiger partial charge in [0.15, 0.2) is 0 Å². The lowest BCUT2D eigenvalue weighted by Crippen LogP contribution is -2.54. The van der Waals surface area contributed by atoms with Gasteiger partial charge in [0.1, 0.15) is 11.6 Å². The summed E-state index contributed by atoms with van der Waals surface area (Å²) in [5.41, 5.74) is 0.566. The molecule has 5 amide bonds. The van der Waals surface area contributed by atoms with E-state index >= 15 is 0 Å². The monoisotopic (exact) mass is 486 g/mol. The molecule has 10 heteroatoms. The normalized spacial score (nSPS) is 17.8. The first kappa shape index (κ1) is 26.2. The van der Waals surface area contributed by atoms with Crippen molar-refractivity contribution in [2.45, 2.75) is 70.9 Å². The summed E-state index contributed by atoms with van der Waals surface area (Å²) in [4.78, 5) is 64.2. The molecule has 3 rings (SSSR count). The molecular weight excluding hydrogens is 452 g/mol. The third-order valence-corrected chi connectivity index (χ3v) is 5.91. The average Bonchev–Trinajstić information content (AvgIpc) is 3.02. The van der Waals surface area contributed by atoms with E-state index in [0.29, 0.717) is 18.8 Å². The van der Waals surface area contributed by atoms with Gasteiger partial charge >= 0.3 is 6.09 Å². The van der Waals surface area contributed by atoms with Gasteiger partial charge in [-0.05, 0) is 52.2 Å². The summed E-state index contributed by atoms with van der Waals surface area (Å²) in [5, 5.41) is 5.44. The van der Waals surface area contributed by atoms with E-state index in [2.05, 4.69) is 10.6 Å². The lowest BCUT2D eigenvalue weighted by atomic mass is 10.0. The van der Waals surface area contributed by atoms with E-state index in [1.807, 2.05) is 20.8 Å². The second-order valence-electron chi connectivity index (χ2n) is 9.92. The Kier molecular flexibility index (Phi) is 8.14. The Morgan fingerprint density at radius 1 is 1.11 bits per heavy atom. The molecule has 2 aliphatic heterocycles. The summed E-state index contributed by atoms with van der Waals surface area (Å²) in [6, 6.07) is 4.04. The summed E-state index contributed by atoms with van der Waals surface area (Å²) < 4.78 is 5.34. The number of benzene rings is 1. The minimum absolute atomic E-state index is 0.0858. The number of carbonyl (C=O) groups is 5. The Balaban J connectivity index is 1.47.